The summed E-state index contributed by atoms with van der Waals surface area (Å²) in [6, 6.07) is 14.5. The molecule has 0 aromatic heterocycles. The highest BCUT2D eigenvalue weighted by Crippen LogP contribution is 2.30. The highest BCUT2D eigenvalue weighted by molar-refractivity contribution is 9.10. The van der Waals surface area contributed by atoms with Gasteiger partial charge >= 0.3 is 0 Å². The molecule has 0 bridgehead atoms. The van der Waals surface area contributed by atoms with Crippen molar-refractivity contribution >= 4 is 33.3 Å². The molecule has 1 unspecified atom stereocenters. The number of ketones is 1. The van der Waals surface area contributed by atoms with Crippen molar-refractivity contribution < 1.29 is 9.53 Å². The molecular formula is C15H12BrClO2. The third-order valence-corrected chi connectivity index (χ3v) is 3.83. The first-order valence-corrected chi connectivity index (χ1v) is 6.93. The largest absolute Gasteiger partial charge is 0.496 e. The zero-order valence-electron chi connectivity index (χ0n) is 10.3. The first-order chi connectivity index (χ1) is 9.13. The molecule has 0 fully saturated rings. The maximum Gasteiger partial charge on any atom is 0.185 e. The molecule has 2 rings (SSSR count). The number of methoxy groups -OCH3 is 1. The van der Waals surface area contributed by atoms with Crippen molar-refractivity contribution in [3.05, 3.63) is 64.1 Å². The average Bonchev–Trinajstić information content (AvgIpc) is 2.46. The van der Waals surface area contributed by atoms with Crippen LogP contribution in [-0.4, -0.2) is 12.9 Å². The van der Waals surface area contributed by atoms with Crippen LogP contribution in [0.3, 0.4) is 0 Å². The molecule has 4 heteroatoms. The van der Waals surface area contributed by atoms with Crippen LogP contribution in [0.4, 0.5) is 0 Å². The molecule has 0 N–H and O–H groups in total. The summed E-state index contributed by atoms with van der Waals surface area (Å²) in [6.07, 6.45) is 0. The van der Waals surface area contributed by atoms with E-state index in [1.165, 1.54) is 0 Å². The molecule has 1 atom stereocenters. The second kappa shape index (κ2) is 6.22. The Morgan fingerprint density at radius 2 is 1.89 bits per heavy atom. The van der Waals surface area contributed by atoms with Gasteiger partial charge in [0, 0.05) is 5.56 Å². The van der Waals surface area contributed by atoms with Gasteiger partial charge in [-0.1, -0.05) is 30.3 Å². The van der Waals surface area contributed by atoms with Crippen molar-refractivity contribution in [1.82, 2.24) is 0 Å². The average molecular weight is 340 g/mol. The predicted octanol–water partition coefficient (Wildman–Crippen LogP) is 4.62. The van der Waals surface area contributed by atoms with E-state index < -0.39 is 5.38 Å². The van der Waals surface area contributed by atoms with E-state index in [0.717, 1.165) is 10.0 Å². The van der Waals surface area contributed by atoms with Gasteiger partial charge in [-0.3, -0.25) is 4.79 Å². The Morgan fingerprint density at radius 1 is 1.21 bits per heavy atom. The van der Waals surface area contributed by atoms with Crippen LogP contribution in [0.15, 0.2) is 53.0 Å². The van der Waals surface area contributed by atoms with Crippen LogP contribution in [0.2, 0.25) is 0 Å². The summed E-state index contributed by atoms with van der Waals surface area (Å²) in [4.78, 5) is 12.3. The van der Waals surface area contributed by atoms with Gasteiger partial charge in [0.1, 0.15) is 11.1 Å². The highest BCUT2D eigenvalue weighted by atomic mass is 79.9. The lowest BCUT2D eigenvalue weighted by molar-refractivity contribution is 0.0987. The van der Waals surface area contributed by atoms with Crippen LogP contribution >= 0.6 is 27.5 Å². The van der Waals surface area contributed by atoms with E-state index in [4.69, 9.17) is 16.3 Å². The lowest BCUT2D eigenvalue weighted by atomic mass is 10.0. The minimum atomic E-state index is -0.679. The SMILES string of the molecule is COc1ccc(C(=O)C(Cl)c2ccccc2)cc1Br. The maximum absolute atomic E-state index is 12.3. The molecule has 0 aliphatic heterocycles. The minimum Gasteiger partial charge on any atom is -0.496 e. The van der Waals surface area contributed by atoms with E-state index >= 15 is 0 Å². The summed E-state index contributed by atoms with van der Waals surface area (Å²) in [5, 5.41) is -0.679. The molecule has 2 aromatic carbocycles. The summed E-state index contributed by atoms with van der Waals surface area (Å²) in [7, 11) is 1.58. The Balaban J connectivity index is 2.27. The standard InChI is InChI=1S/C15H12BrClO2/c1-19-13-8-7-11(9-12(13)16)15(18)14(17)10-5-3-2-4-6-10/h2-9,14H,1H3. The number of ether oxygens (including phenoxy) is 1. The number of benzene rings is 2. The molecule has 0 aliphatic rings. The van der Waals surface area contributed by atoms with Crippen LogP contribution < -0.4 is 4.74 Å². The minimum absolute atomic E-state index is 0.129. The van der Waals surface area contributed by atoms with Gasteiger partial charge < -0.3 is 4.74 Å². The van der Waals surface area contributed by atoms with E-state index in [1.807, 2.05) is 30.3 Å². The van der Waals surface area contributed by atoms with Crippen LogP contribution in [0.5, 0.6) is 5.75 Å². The molecule has 0 radical (unpaired) electrons. The normalized spacial score (nSPS) is 11.9. The van der Waals surface area contributed by atoms with Gasteiger partial charge in [-0.15, -0.1) is 11.6 Å². The first kappa shape index (κ1) is 14.1. The Morgan fingerprint density at radius 3 is 2.47 bits per heavy atom. The van der Waals surface area contributed by atoms with Gasteiger partial charge in [-0.25, -0.2) is 0 Å². The summed E-state index contributed by atoms with van der Waals surface area (Å²) in [5.74, 6) is 0.554. The van der Waals surface area contributed by atoms with E-state index in [9.17, 15) is 4.79 Å². The first-order valence-electron chi connectivity index (χ1n) is 5.70. The van der Waals surface area contributed by atoms with Crippen molar-refractivity contribution in [3.8, 4) is 5.75 Å². The number of Topliss-reactive ketones (excluding diaryl/α,β-unsaturated/α-hetero) is 1. The molecule has 0 aliphatic carbocycles. The van der Waals surface area contributed by atoms with Gasteiger partial charge in [-0.05, 0) is 39.7 Å². The molecular weight excluding hydrogens is 328 g/mol. The number of carbonyl (C=O) groups excluding carboxylic acids is 1. The predicted molar refractivity (Wildman–Crippen MR) is 80.1 cm³/mol. The highest BCUT2D eigenvalue weighted by Gasteiger charge is 2.19. The molecule has 2 nitrogen and oxygen atoms in total. The summed E-state index contributed by atoms with van der Waals surface area (Å²) in [6.45, 7) is 0. The fourth-order valence-corrected chi connectivity index (χ4v) is 2.55. The number of carbonyl (C=O) groups is 1. The molecule has 98 valence electrons. The summed E-state index contributed by atoms with van der Waals surface area (Å²) < 4.78 is 5.87. The summed E-state index contributed by atoms with van der Waals surface area (Å²) >= 11 is 9.58. The van der Waals surface area contributed by atoms with Crippen LogP contribution in [0.1, 0.15) is 21.3 Å². The topological polar surface area (TPSA) is 26.3 Å². The van der Waals surface area contributed by atoms with Gasteiger partial charge in [-0.2, -0.15) is 0 Å². The van der Waals surface area contributed by atoms with Crippen molar-refractivity contribution in [3.63, 3.8) is 0 Å². The smallest absolute Gasteiger partial charge is 0.185 e. The van der Waals surface area contributed by atoms with Crippen molar-refractivity contribution in [2.45, 2.75) is 5.38 Å². The van der Waals surface area contributed by atoms with Crippen molar-refractivity contribution in [2.75, 3.05) is 7.11 Å². The molecule has 2 aromatic rings. The van der Waals surface area contributed by atoms with Gasteiger partial charge in [0.05, 0.1) is 11.6 Å². The van der Waals surface area contributed by atoms with Crippen LogP contribution in [0, 0.1) is 0 Å². The number of rotatable bonds is 4. The number of hydrogen-bond donors (Lipinski definition) is 0. The van der Waals surface area contributed by atoms with Crippen LogP contribution in [0.25, 0.3) is 0 Å². The lowest BCUT2D eigenvalue weighted by Crippen LogP contribution is -2.07. The van der Waals surface area contributed by atoms with Crippen molar-refractivity contribution in [2.24, 2.45) is 0 Å². The van der Waals surface area contributed by atoms with Gasteiger partial charge in [0.15, 0.2) is 5.78 Å². The molecule has 0 amide bonds. The zero-order chi connectivity index (χ0) is 13.8. The number of halogens is 2. The third kappa shape index (κ3) is 3.17. The summed E-state index contributed by atoms with van der Waals surface area (Å²) in [5.41, 5.74) is 1.35. The number of alkyl halides is 1. The Kier molecular flexibility index (Phi) is 4.61. The second-order valence-electron chi connectivity index (χ2n) is 3.99. The van der Waals surface area contributed by atoms with E-state index in [-0.39, 0.29) is 5.78 Å². The molecule has 0 spiro atoms. The fourth-order valence-electron chi connectivity index (χ4n) is 1.74. The number of hydrogen-bond acceptors (Lipinski definition) is 2. The maximum atomic E-state index is 12.3. The van der Waals surface area contributed by atoms with Crippen LogP contribution in [-0.2, 0) is 0 Å². The Labute approximate surface area is 125 Å². The van der Waals surface area contributed by atoms with E-state index in [0.29, 0.717) is 11.3 Å². The van der Waals surface area contributed by atoms with E-state index in [1.54, 1.807) is 25.3 Å². The quantitative estimate of drug-likeness (QED) is 0.600. The lowest BCUT2D eigenvalue weighted by Gasteiger charge is -2.10. The van der Waals surface area contributed by atoms with E-state index in [2.05, 4.69) is 15.9 Å². The molecule has 19 heavy (non-hydrogen) atoms. The zero-order valence-corrected chi connectivity index (χ0v) is 12.6. The fraction of sp³-hybridized carbons (Fsp3) is 0.133. The monoisotopic (exact) mass is 338 g/mol. The Hall–Kier alpha value is -1.32. The Bertz CT molecular complexity index is 584. The third-order valence-electron chi connectivity index (χ3n) is 2.76. The van der Waals surface area contributed by atoms with Crippen molar-refractivity contribution in [1.29, 1.82) is 0 Å². The molecule has 0 saturated heterocycles. The molecule has 0 saturated carbocycles. The second-order valence-corrected chi connectivity index (χ2v) is 5.28. The molecule has 0 heterocycles. The van der Waals surface area contributed by atoms with Gasteiger partial charge in [0.2, 0.25) is 0 Å². The van der Waals surface area contributed by atoms with Gasteiger partial charge in [0.25, 0.3) is 0 Å².